The number of carbonyl (C=O) groups is 3. The van der Waals surface area contributed by atoms with E-state index in [1.165, 1.54) is 12.3 Å². The zero-order valence-corrected chi connectivity index (χ0v) is 11.8. The summed E-state index contributed by atoms with van der Waals surface area (Å²) in [5, 5.41) is 15.2. The summed E-state index contributed by atoms with van der Waals surface area (Å²) in [5.74, 6) is -2.06. The molecule has 0 atom stereocenters. The number of carboxylic acids is 1. The summed E-state index contributed by atoms with van der Waals surface area (Å²) >= 11 is 0. The number of hydrogen-bond donors (Lipinski definition) is 3. The van der Waals surface area contributed by atoms with E-state index < -0.39 is 17.8 Å². The van der Waals surface area contributed by atoms with Crippen LogP contribution >= 0.6 is 0 Å². The van der Waals surface area contributed by atoms with E-state index in [2.05, 4.69) is 15.8 Å². The highest BCUT2D eigenvalue weighted by atomic mass is 16.4. The lowest BCUT2D eigenvalue weighted by Gasteiger charge is -2.06. The Morgan fingerprint density at radius 3 is 2.52 bits per heavy atom. The van der Waals surface area contributed by atoms with E-state index in [1.807, 2.05) is 0 Å². The molecule has 0 saturated carbocycles. The minimum absolute atomic E-state index is 0.0451. The van der Waals surface area contributed by atoms with E-state index in [-0.39, 0.29) is 18.0 Å². The quantitative estimate of drug-likeness (QED) is 0.408. The van der Waals surface area contributed by atoms with Crippen molar-refractivity contribution in [1.82, 2.24) is 10.7 Å². The second-order valence-electron chi connectivity index (χ2n) is 4.58. The first-order chi connectivity index (χ1) is 9.90. The number of aromatic carboxylic acids is 1. The van der Waals surface area contributed by atoms with E-state index in [9.17, 15) is 14.4 Å². The lowest BCUT2D eigenvalue weighted by molar-refractivity contribution is -0.129. The van der Waals surface area contributed by atoms with Crippen LogP contribution in [0, 0.1) is 0 Å². The van der Waals surface area contributed by atoms with Crippen molar-refractivity contribution in [2.45, 2.75) is 26.3 Å². The highest BCUT2D eigenvalue weighted by molar-refractivity contribution is 5.99. The average molecular weight is 291 g/mol. The van der Waals surface area contributed by atoms with Crippen molar-refractivity contribution in [1.29, 1.82) is 0 Å². The van der Waals surface area contributed by atoms with Crippen molar-refractivity contribution in [2.75, 3.05) is 0 Å². The van der Waals surface area contributed by atoms with Gasteiger partial charge in [-0.25, -0.2) is 10.2 Å². The van der Waals surface area contributed by atoms with Crippen LogP contribution in [-0.4, -0.2) is 35.1 Å². The van der Waals surface area contributed by atoms with Gasteiger partial charge in [0.2, 0.25) is 11.8 Å². The van der Waals surface area contributed by atoms with Gasteiger partial charge in [0.05, 0.1) is 11.8 Å². The van der Waals surface area contributed by atoms with Crippen molar-refractivity contribution < 1.29 is 19.5 Å². The topological polar surface area (TPSA) is 108 Å². The predicted molar refractivity (Wildman–Crippen MR) is 77.0 cm³/mol. The van der Waals surface area contributed by atoms with Crippen molar-refractivity contribution in [3.8, 4) is 0 Å². The molecule has 1 aromatic rings. The van der Waals surface area contributed by atoms with Crippen LogP contribution < -0.4 is 10.7 Å². The van der Waals surface area contributed by atoms with Crippen LogP contribution in [0.1, 0.15) is 36.2 Å². The molecule has 0 saturated heterocycles. The maximum atomic E-state index is 11.4. The second kappa shape index (κ2) is 7.78. The number of hydrogen-bond acceptors (Lipinski definition) is 4. The number of carboxylic acid groups (broad SMARTS) is 1. The van der Waals surface area contributed by atoms with Crippen molar-refractivity contribution in [2.24, 2.45) is 5.10 Å². The predicted octanol–water partition coefficient (Wildman–Crippen LogP) is 0.750. The fourth-order valence-electron chi connectivity index (χ4n) is 1.54. The number of amides is 2. The number of benzene rings is 1. The smallest absolute Gasteiger partial charge is 0.336 e. The van der Waals surface area contributed by atoms with Gasteiger partial charge in [-0.1, -0.05) is 18.2 Å². The average Bonchev–Trinajstić information content (AvgIpc) is 2.37. The van der Waals surface area contributed by atoms with Crippen molar-refractivity contribution in [3.63, 3.8) is 0 Å². The lowest BCUT2D eigenvalue weighted by Crippen LogP contribution is -2.34. The van der Waals surface area contributed by atoms with E-state index in [0.29, 0.717) is 5.56 Å². The molecule has 0 radical (unpaired) electrons. The number of carbonyl (C=O) groups excluding carboxylic acids is 2. The first kappa shape index (κ1) is 16.4. The number of hydrazone groups is 1. The summed E-state index contributed by atoms with van der Waals surface area (Å²) in [4.78, 5) is 33.7. The second-order valence-corrected chi connectivity index (χ2v) is 4.58. The van der Waals surface area contributed by atoms with Crippen LogP contribution in [0.15, 0.2) is 29.4 Å². The van der Waals surface area contributed by atoms with Crippen LogP contribution in [-0.2, 0) is 9.59 Å². The molecule has 0 spiro atoms. The van der Waals surface area contributed by atoms with Crippen LogP contribution in [0.4, 0.5) is 0 Å². The molecule has 2 amide bonds. The Morgan fingerprint density at radius 2 is 1.90 bits per heavy atom. The molecule has 3 N–H and O–H groups in total. The number of rotatable bonds is 6. The van der Waals surface area contributed by atoms with Gasteiger partial charge in [0.25, 0.3) is 0 Å². The van der Waals surface area contributed by atoms with Gasteiger partial charge < -0.3 is 10.4 Å². The van der Waals surface area contributed by atoms with Crippen molar-refractivity contribution >= 4 is 24.0 Å². The third-order valence-electron chi connectivity index (χ3n) is 2.35. The van der Waals surface area contributed by atoms with Gasteiger partial charge in [-0.2, -0.15) is 5.10 Å². The molecule has 0 aliphatic carbocycles. The Morgan fingerprint density at radius 1 is 1.24 bits per heavy atom. The highest BCUT2D eigenvalue weighted by Crippen LogP contribution is 2.05. The molecule has 0 fully saturated rings. The van der Waals surface area contributed by atoms with Gasteiger partial charge in [-0.3, -0.25) is 9.59 Å². The summed E-state index contributed by atoms with van der Waals surface area (Å²) < 4.78 is 0. The monoisotopic (exact) mass is 291 g/mol. The van der Waals surface area contributed by atoms with Gasteiger partial charge >= 0.3 is 5.97 Å². The molecule has 0 aliphatic heterocycles. The van der Waals surface area contributed by atoms with E-state index in [1.54, 1.807) is 32.0 Å². The molecule has 1 rings (SSSR count). The maximum absolute atomic E-state index is 11.4. The minimum Gasteiger partial charge on any atom is -0.478 e. The first-order valence-electron chi connectivity index (χ1n) is 6.33. The molecule has 0 aliphatic rings. The van der Waals surface area contributed by atoms with E-state index in [4.69, 9.17) is 5.11 Å². The molecule has 1 aromatic carbocycles. The highest BCUT2D eigenvalue weighted by Gasteiger charge is 2.10. The summed E-state index contributed by atoms with van der Waals surface area (Å²) in [6, 6.07) is 6.20. The van der Waals surface area contributed by atoms with Crippen LogP contribution in [0.2, 0.25) is 0 Å². The molecule has 112 valence electrons. The molecule has 7 nitrogen and oxygen atoms in total. The van der Waals surface area contributed by atoms with Gasteiger partial charge in [-0.15, -0.1) is 0 Å². The molecule has 21 heavy (non-hydrogen) atoms. The largest absolute Gasteiger partial charge is 0.478 e. The van der Waals surface area contributed by atoms with E-state index >= 15 is 0 Å². The Bertz CT molecular complexity index is 567. The summed E-state index contributed by atoms with van der Waals surface area (Å²) in [5.41, 5.74) is 2.61. The van der Waals surface area contributed by atoms with Crippen molar-refractivity contribution in [3.05, 3.63) is 35.4 Å². The van der Waals surface area contributed by atoms with Gasteiger partial charge in [0.15, 0.2) is 0 Å². The summed E-state index contributed by atoms with van der Waals surface area (Å²) in [6.45, 7) is 3.58. The lowest BCUT2D eigenvalue weighted by atomic mass is 10.1. The molecule has 0 unspecified atom stereocenters. The fraction of sp³-hybridized carbons (Fsp3) is 0.286. The summed E-state index contributed by atoms with van der Waals surface area (Å²) in [7, 11) is 0. The summed E-state index contributed by atoms with van der Waals surface area (Å²) in [6.07, 6.45) is 0.887. The van der Waals surface area contributed by atoms with Gasteiger partial charge in [0.1, 0.15) is 6.42 Å². The Labute approximate surface area is 122 Å². The molecular formula is C14H17N3O4. The number of nitrogens with one attached hydrogen (secondary N) is 2. The molecule has 7 heteroatoms. The molecule has 0 bridgehead atoms. The Kier molecular flexibility index (Phi) is 6.06. The standard InChI is InChI=1S/C14H17N3O4/c1-9(2)16-12(18)7-13(19)17-15-8-10-5-3-4-6-11(10)14(20)21/h3-6,8-9H,7H2,1-2H3,(H,16,18)(H,17,19)(H,20,21)/b15-8+. The van der Waals surface area contributed by atoms with E-state index in [0.717, 1.165) is 0 Å². The zero-order chi connectivity index (χ0) is 15.8. The third-order valence-corrected chi connectivity index (χ3v) is 2.35. The molecule has 0 aromatic heterocycles. The Balaban J connectivity index is 2.57. The maximum Gasteiger partial charge on any atom is 0.336 e. The van der Waals surface area contributed by atoms with Gasteiger partial charge in [0, 0.05) is 11.6 Å². The molecular weight excluding hydrogens is 274 g/mol. The van der Waals surface area contributed by atoms with Crippen LogP contribution in [0.25, 0.3) is 0 Å². The Hall–Kier alpha value is -2.70. The zero-order valence-electron chi connectivity index (χ0n) is 11.8. The van der Waals surface area contributed by atoms with Gasteiger partial charge in [-0.05, 0) is 19.9 Å². The number of nitrogens with zero attached hydrogens (tertiary/aromatic N) is 1. The normalized spacial score (nSPS) is 10.6. The SMILES string of the molecule is CC(C)NC(=O)CC(=O)N/N=C/c1ccccc1C(=O)O. The fourth-order valence-corrected chi connectivity index (χ4v) is 1.54. The minimum atomic E-state index is -1.08. The van der Waals surface area contributed by atoms with Crippen LogP contribution in [0.3, 0.4) is 0 Å². The first-order valence-corrected chi connectivity index (χ1v) is 6.33. The van der Waals surface area contributed by atoms with Crippen LogP contribution in [0.5, 0.6) is 0 Å². The molecule has 0 heterocycles. The third kappa shape index (κ3) is 5.85.